The third-order valence-corrected chi connectivity index (χ3v) is 4.91. The number of aliphatic hydroxyl groups is 1. The molecule has 1 fully saturated rings. The van der Waals surface area contributed by atoms with Crippen molar-refractivity contribution in [1.29, 1.82) is 0 Å². The van der Waals surface area contributed by atoms with Crippen LogP contribution in [0.2, 0.25) is 0 Å². The molecule has 3 unspecified atom stereocenters. The lowest BCUT2D eigenvalue weighted by Gasteiger charge is -2.36. The van der Waals surface area contributed by atoms with E-state index < -0.39 is 5.60 Å². The maximum Gasteiger partial charge on any atom is 0.0774 e. The molecule has 2 heteroatoms. The van der Waals surface area contributed by atoms with Crippen LogP contribution in [-0.4, -0.2) is 17.3 Å². The lowest BCUT2D eigenvalue weighted by molar-refractivity contribution is -0.0134. The molecular formula is C19H31NO. The third kappa shape index (κ3) is 4.55. The minimum atomic E-state index is -0.510. The van der Waals surface area contributed by atoms with Gasteiger partial charge in [0, 0.05) is 12.6 Å². The summed E-state index contributed by atoms with van der Waals surface area (Å²) in [5.74, 6) is 1.22. The SMILES string of the molecule is CC1CCCC(O)(CNC(C)c2ccc(C(C)C)cc2)C1. The van der Waals surface area contributed by atoms with Gasteiger partial charge in [-0.15, -0.1) is 0 Å². The summed E-state index contributed by atoms with van der Waals surface area (Å²) in [7, 11) is 0. The molecule has 1 aliphatic carbocycles. The van der Waals surface area contributed by atoms with Crippen molar-refractivity contribution in [3.05, 3.63) is 35.4 Å². The molecule has 0 aromatic heterocycles. The summed E-state index contributed by atoms with van der Waals surface area (Å²) in [5, 5.41) is 14.2. The van der Waals surface area contributed by atoms with Gasteiger partial charge in [0.05, 0.1) is 5.60 Å². The highest BCUT2D eigenvalue weighted by molar-refractivity contribution is 5.26. The van der Waals surface area contributed by atoms with Crippen molar-refractivity contribution in [1.82, 2.24) is 5.32 Å². The molecule has 2 nitrogen and oxygen atoms in total. The van der Waals surface area contributed by atoms with Gasteiger partial charge in [-0.2, -0.15) is 0 Å². The Bertz CT molecular complexity index is 439. The van der Waals surface area contributed by atoms with E-state index in [0.717, 1.165) is 19.3 Å². The predicted molar refractivity (Wildman–Crippen MR) is 89.5 cm³/mol. The van der Waals surface area contributed by atoms with E-state index in [1.54, 1.807) is 0 Å². The van der Waals surface area contributed by atoms with E-state index in [1.165, 1.54) is 17.5 Å². The molecule has 2 N–H and O–H groups in total. The molecule has 0 radical (unpaired) electrons. The number of rotatable bonds is 5. The van der Waals surface area contributed by atoms with Crippen LogP contribution in [0.5, 0.6) is 0 Å². The van der Waals surface area contributed by atoms with E-state index in [0.29, 0.717) is 18.4 Å². The van der Waals surface area contributed by atoms with Crippen LogP contribution >= 0.6 is 0 Å². The minimum absolute atomic E-state index is 0.285. The first-order valence-electron chi connectivity index (χ1n) is 8.45. The van der Waals surface area contributed by atoms with Gasteiger partial charge in [-0.25, -0.2) is 0 Å². The maximum absolute atomic E-state index is 10.7. The Morgan fingerprint density at radius 2 is 1.81 bits per heavy atom. The number of nitrogens with one attached hydrogen (secondary N) is 1. The summed E-state index contributed by atoms with van der Waals surface area (Å²) in [5.41, 5.74) is 2.17. The molecule has 0 saturated heterocycles. The fraction of sp³-hybridized carbons (Fsp3) is 0.684. The van der Waals surface area contributed by atoms with E-state index in [-0.39, 0.29) is 6.04 Å². The summed E-state index contributed by atoms with van der Waals surface area (Å²) in [6, 6.07) is 9.14. The number of hydrogen-bond acceptors (Lipinski definition) is 2. The molecule has 1 saturated carbocycles. The Morgan fingerprint density at radius 3 is 2.38 bits per heavy atom. The Hall–Kier alpha value is -0.860. The molecule has 3 atom stereocenters. The third-order valence-electron chi connectivity index (χ3n) is 4.91. The van der Waals surface area contributed by atoms with E-state index in [9.17, 15) is 5.11 Å². The highest BCUT2D eigenvalue weighted by atomic mass is 16.3. The van der Waals surface area contributed by atoms with Gasteiger partial charge < -0.3 is 10.4 Å². The molecule has 21 heavy (non-hydrogen) atoms. The molecular weight excluding hydrogens is 258 g/mol. The second kappa shape index (κ2) is 6.93. The van der Waals surface area contributed by atoms with Crippen LogP contribution in [0.3, 0.4) is 0 Å². The van der Waals surface area contributed by atoms with Crippen molar-refractivity contribution in [2.45, 2.75) is 70.9 Å². The molecule has 0 amide bonds. The van der Waals surface area contributed by atoms with E-state index in [2.05, 4.69) is 57.3 Å². The Balaban J connectivity index is 1.90. The average molecular weight is 289 g/mol. The van der Waals surface area contributed by atoms with Crippen molar-refractivity contribution in [2.75, 3.05) is 6.54 Å². The number of hydrogen-bond donors (Lipinski definition) is 2. The van der Waals surface area contributed by atoms with E-state index in [1.807, 2.05) is 0 Å². The minimum Gasteiger partial charge on any atom is -0.389 e. The first kappa shape index (κ1) is 16.5. The summed E-state index contributed by atoms with van der Waals surface area (Å²) < 4.78 is 0. The van der Waals surface area contributed by atoms with Gasteiger partial charge in [-0.05, 0) is 42.7 Å². The lowest BCUT2D eigenvalue weighted by Crippen LogP contribution is -2.44. The highest BCUT2D eigenvalue weighted by Crippen LogP contribution is 2.32. The molecule has 0 aliphatic heterocycles. The zero-order chi connectivity index (χ0) is 15.5. The van der Waals surface area contributed by atoms with Crippen molar-refractivity contribution in [3.8, 4) is 0 Å². The molecule has 0 spiro atoms. The van der Waals surface area contributed by atoms with Gasteiger partial charge >= 0.3 is 0 Å². The van der Waals surface area contributed by atoms with Crippen molar-refractivity contribution >= 4 is 0 Å². The van der Waals surface area contributed by atoms with E-state index >= 15 is 0 Å². The van der Waals surface area contributed by atoms with Crippen molar-refractivity contribution in [2.24, 2.45) is 5.92 Å². The molecule has 0 bridgehead atoms. The second-order valence-electron chi connectivity index (χ2n) is 7.35. The van der Waals surface area contributed by atoms with Crippen molar-refractivity contribution < 1.29 is 5.11 Å². The first-order valence-corrected chi connectivity index (χ1v) is 8.45. The summed E-state index contributed by atoms with van der Waals surface area (Å²) in [6.07, 6.45) is 4.27. The standard InChI is InChI=1S/C19H31NO/c1-14(2)17-7-9-18(10-8-17)16(4)20-13-19(21)11-5-6-15(3)12-19/h7-10,14-16,20-21H,5-6,11-13H2,1-4H3. The molecule has 0 heterocycles. The van der Waals surface area contributed by atoms with Crippen LogP contribution in [0.1, 0.15) is 76.5 Å². The Morgan fingerprint density at radius 1 is 1.19 bits per heavy atom. The molecule has 1 aromatic carbocycles. The molecule has 118 valence electrons. The fourth-order valence-electron chi connectivity index (χ4n) is 3.42. The van der Waals surface area contributed by atoms with Gasteiger partial charge in [0.1, 0.15) is 0 Å². The highest BCUT2D eigenvalue weighted by Gasteiger charge is 2.32. The largest absolute Gasteiger partial charge is 0.389 e. The monoisotopic (exact) mass is 289 g/mol. The Labute approximate surface area is 130 Å². The first-order chi connectivity index (χ1) is 9.89. The smallest absolute Gasteiger partial charge is 0.0774 e. The average Bonchev–Trinajstić information content (AvgIpc) is 2.45. The van der Waals surface area contributed by atoms with Gasteiger partial charge in [0.2, 0.25) is 0 Å². The zero-order valence-corrected chi connectivity index (χ0v) is 14.0. The molecule has 2 rings (SSSR count). The predicted octanol–water partition coefficient (Wildman–Crippen LogP) is 4.40. The van der Waals surface area contributed by atoms with Crippen LogP contribution in [-0.2, 0) is 0 Å². The van der Waals surface area contributed by atoms with Crippen LogP contribution < -0.4 is 5.32 Å². The van der Waals surface area contributed by atoms with Crippen LogP contribution in [0.4, 0.5) is 0 Å². The summed E-state index contributed by atoms with van der Waals surface area (Å²) >= 11 is 0. The van der Waals surface area contributed by atoms with Gasteiger partial charge in [0.25, 0.3) is 0 Å². The van der Waals surface area contributed by atoms with Gasteiger partial charge in [-0.3, -0.25) is 0 Å². The molecule has 1 aliphatic rings. The van der Waals surface area contributed by atoms with Crippen LogP contribution in [0.25, 0.3) is 0 Å². The van der Waals surface area contributed by atoms with Crippen molar-refractivity contribution in [3.63, 3.8) is 0 Å². The fourth-order valence-corrected chi connectivity index (χ4v) is 3.42. The normalized spacial score (nSPS) is 27.8. The van der Waals surface area contributed by atoms with Gasteiger partial charge in [-0.1, -0.05) is 57.9 Å². The van der Waals surface area contributed by atoms with E-state index in [4.69, 9.17) is 0 Å². The van der Waals surface area contributed by atoms with Crippen LogP contribution in [0, 0.1) is 5.92 Å². The second-order valence-corrected chi connectivity index (χ2v) is 7.35. The maximum atomic E-state index is 10.7. The topological polar surface area (TPSA) is 32.3 Å². The lowest BCUT2D eigenvalue weighted by atomic mass is 9.79. The number of benzene rings is 1. The van der Waals surface area contributed by atoms with Gasteiger partial charge in [0.15, 0.2) is 0 Å². The zero-order valence-electron chi connectivity index (χ0n) is 14.0. The van der Waals surface area contributed by atoms with Crippen LogP contribution in [0.15, 0.2) is 24.3 Å². The molecule has 1 aromatic rings. The summed E-state index contributed by atoms with van der Waals surface area (Å²) in [6.45, 7) is 9.57. The summed E-state index contributed by atoms with van der Waals surface area (Å²) in [4.78, 5) is 0. The Kier molecular flexibility index (Phi) is 5.45. The quantitative estimate of drug-likeness (QED) is 0.842.